The zero-order chi connectivity index (χ0) is 23.4. The lowest BCUT2D eigenvalue weighted by atomic mass is 9.70. The van der Waals surface area contributed by atoms with E-state index in [1.165, 1.54) is 0 Å². The average Bonchev–Trinajstić information content (AvgIpc) is 2.93. The van der Waals surface area contributed by atoms with E-state index in [1.54, 1.807) is 32.0 Å². The number of Topliss-reactive ketones (excluding diaryl/α,β-unsaturated/α-hetero) is 1. The number of aromatic nitrogens is 1. The molecular weight excluding hydrogens is 452 g/mol. The van der Waals surface area contributed by atoms with Gasteiger partial charge in [0.1, 0.15) is 11.4 Å². The molecule has 0 saturated heterocycles. The normalized spacial score (nSPS) is 24.1. The van der Waals surface area contributed by atoms with Crippen LogP contribution in [-0.4, -0.2) is 34.6 Å². The number of nitrogen functional groups attached to an aromatic ring is 1. The lowest BCUT2D eigenvalue weighted by Crippen LogP contribution is -2.42. The number of carbonyl (C=O) groups is 1. The van der Waals surface area contributed by atoms with Crippen LogP contribution in [0.25, 0.3) is 10.9 Å². The van der Waals surface area contributed by atoms with E-state index in [0.717, 1.165) is 17.3 Å². The van der Waals surface area contributed by atoms with Crippen LogP contribution in [0.2, 0.25) is 5.02 Å². The highest BCUT2D eigenvalue weighted by Crippen LogP contribution is 2.64. The zero-order valence-corrected chi connectivity index (χ0v) is 19.7. The number of nitrogens with two attached hydrogens (primary N) is 1. The number of anilines is 1. The van der Waals surface area contributed by atoms with Crippen molar-refractivity contribution in [2.75, 3.05) is 11.5 Å². The number of halogens is 1. The number of pyridine rings is 1. The van der Waals surface area contributed by atoms with Crippen molar-refractivity contribution in [3.05, 3.63) is 35.0 Å². The number of aliphatic hydroxyl groups is 1. The van der Waals surface area contributed by atoms with Crippen LogP contribution in [0.5, 0.6) is 0 Å². The fraction of sp³-hybridized carbons (Fsp3) is 0.565. The molecular formula is C23H33ClN2O5S. The first kappa shape index (κ1) is 26.5. The molecule has 2 bridgehead atoms. The van der Waals surface area contributed by atoms with Crippen LogP contribution in [0.1, 0.15) is 60.1 Å². The van der Waals surface area contributed by atoms with Gasteiger partial charge in [-0.1, -0.05) is 32.9 Å². The van der Waals surface area contributed by atoms with Crippen LogP contribution in [0.3, 0.4) is 0 Å². The van der Waals surface area contributed by atoms with Gasteiger partial charge in [0.05, 0.1) is 28.1 Å². The quantitative estimate of drug-likeness (QED) is 0.542. The molecule has 178 valence electrons. The van der Waals surface area contributed by atoms with Crippen molar-refractivity contribution in [1.29, 1.82) is 0 Å². The third kappa shape index (κ3) is 4.78. The molecule has 1 aromatic heterocycles. The molecule has 2 unspecified atom stereocenters. The van der Waals surface area contributed by atoms with E-state index >= 15 is 0 Å². The number of fused-ring (bicyclic) bond motifs is 3. The van der Waals surface area contributed by atoms with E-state index in [-0.39, 0.29) is 24.5 Å². The van der Waals surface area contributed by atoms with E-state index < -0.39 is 26.9 Å². The zero-order valence-electron chi connectivity index (χ0n) is 18.1. The number of carbonyl (C=O) groups excluding carboxylic acids is 1. The predicted molar refractivity (Wildman–Crippen MR) is 128 cm³/mol. The van der Waals surface area contributed by atoms with Gasteiger partial charge in [-0.25, -0.2) is 4.98 Å². The number of benzene rings is 1. The number of hydrogen-bond donors (Lipinski definition) is 3. The van der Waals surface area contributed by atoms with Gasteiger partial charge in [-0.05, 0) is 62.3 Å². The molecule has 0 amide bonds. The van der Waals surface area contributed by atoms with E-state index in [0.29, 0.717) is 29.2 Å². The molecule has 9 heteroatoms. The molecule has 2 saturated carbocycles. The van der Waals surface area contributed by atoms with Gasteiger partial charge in [-0.2, -0.15) is 8.42 Å². The lowest BCUT2D eigenvalue weighted by molar-refractivity contribution is -0.128. The molecule has 4 rings (SSSR count). The molecule has 4 N–H and O–H groups in total. The summed E-state index contributed by atoms with van der Waals surface area (Å²) >= 11 is 5.88. The van der Waals surface area contributed by atoms with Crippen LogP contribution < -0.4 is 5.73 Å². The summed E-state index contributed by atoms with van der Waals surface area (Å²) in [6.45, 7) is 7.21. The van der Waals surface area contributed by atoms with Crippen molar-refractivity contribution >= 4 is 44.1 Å². The second-order valence-electron chi connectivity index (χ2n) is 9.72. The molecule has 1 heterocycles. The Balaban J connectivity index is 0.000000220. The maximum atomic E-state index is 11.9. The highest BCUT2D eigenvalue weighted by atomic mass is 35.5. The summed E-state index contributed by atoms with van der Waals surface area (Å²) in [7, 11) is -4.08. The summed E-state index contributed by atoms with van der Waals surface area (Å²) in [5.74, 6) is -0.101. The largest absolute Gasteiger partial charge is 0.397 e. The van der Waals surface area contributed by atoms with E-state index in [9.17, 15) is 18.3 Å². The molecule has 2 fully saturated rings. The minimum Gasteiger partial charge on any atom is -0.397 e. The first-order valence-electron chi connectivity index (χ1n) is 10.1. The first-order valence-corrected chi connectivity index (χ1v) is 12.1. The smallest absolute Gasteiger partial charge is 0.265 e. The Kier molecular flexibility index (Phi) is 7.09. The topological polar surface area (TPSA) is 131 Å². The van der Waals surface area contributed by atoms with Gasteiger partial charge in [0, 0.05) is 16.8 Å². The van der Waals surface area contributed by atoms with Crippen LogP contribution >= 0.6 is 11.6 Å². The Bertz CT molecular complexity index is 1140. The Morgan fingerprint density at radius 2 is 1.91 bits per heavy atom. The van der Waals surface area contributed by atoms with Gasteiger partial charge in [0.15, 0.2) is 0 Å². The van der Waals surface area contributed by atoms with Crippen molar-refractivity contribution in [3.63, 3.8) is 0 Å². The predicted octanol–water partition coefficient (Wildman–Crippen LogP) is 4.60. The maximum absolute atomic E-state index is 11.9. The standard InChI is InChI=1S/C12H13ClN2O.C10H16O4S.CH4/c1-12(2,16)11-9(14)6-7-5-8(13)3-4-10(7)15-11;1-9(2)7-3-4-10(9,8(11)5-7)6-15(12,13)14;/h3-6,16H,14H2,1-2H3;7H,3-6H2,1-2H3,(H,12,13,14);1H4. The van der Waals surface area contributed by atoms with Crippen LogP contribution in [-0.2, 0) is 20.5 Å². The fourth-order valence-corrected chi connectivity index (χ4v) is 6.55. The highest BCUT2D eigenvalue weighted by Gasteiger charge is 2.65. The van der Waals surface area contributed by atoms with Gasteiger partial charge in [-0.15, -0.1) is 0 Å². The molecule has 2 aliphatic carbocycles. The average molecular weight is 485 g/mol. The Morgan fingerprint density at radius 1 is 1.28 bits per heavy atom. The van der Waals surface area contributed by atoms with Crippen molar-refractivity contribution in [1.82, 2.24) is 4.98 Å². The minimum atomic E-state index is -4.08. The molecule has 0 aliphatic heterocycles. The Morgan fingerprint density at radius 3 is 2.38 bits per heavy atom. The molecule has 0 spiro atoms. The maximum Gasteiger partial charge on any atom is 0.265 e. The third-order valence-electron chi connectivity index (χ3n) is 6.95. The summed E-state index contributed by atoms with van der Waals surface area (Å²) in [4.78, 5) is 16.2. The van der Waals surface area contributed by atoms with Gasteiger partial charge in [0.25, 0.3) is 10.1 Å². The molecule has 2 aliphatic rings. The van der Waals surface area contributed by atoms with Crippen molar-refractivity contribution < 1.29 is 22.9 Å². The number of ketones is 1. The van der Waals surface area contributed by atoms with Gasteiger partial charge in [-0.3, -0.25) is 9.35 Å². The molecule has 7 nitrogen and oxygen atoms in total. The van der Waals surface area contributed by atoms with Crippen molar-refractivity contribution in [3.8, 4) is 0 Å². The van der Waals surface area contributed by atoms with Gasteiger partial charge in [0.2, 0.25) is 0 Å². The number of nitrogens with zero attached hydrogens (tertiary/aromatic N) is 1. The lowest BCUT2D eigenvalue weighted by Gasteiger charge is -2.35. The fourth-order valence-electron chi connectivity index (χ4n) is 5.07. The minimum absolute atomic E-state index is 0. The van der Waals surface area contributed by atoms with Crippen LogP contribution in [0.15, 0.2) is 24.3 Å². The second kappa shape index (κ2) is 8.56. The monoisotopic (exact) mass is 484 g/mol. The van der Waals surface area contributed by atoms with Gasteiger partial charge < -0.3 is 10.8 Å². The van der Waals surface area contributed by atoms with Gasteiger partial charge >= 0.3 is 0 Å². The molecule has 2 aromatic rings. The summed E-state index contributed by atoms with van der Waals surface area (Å²) in [6.07, 6.45) is 1.97. The SMILES string of the molecule is C.CC(C)(O)c1nc2ccc(Cl)cc2cc1N.CC1(C)C2CCC1(CS(=O)(=O)O)C(=O)C2. The van der Waals surface area contributed by atoms with Crippen molar-refractivity contribution in [2.45, 2.75) is 60.0 Å². The molecule has 0 radical (unpaired) electrons. The Labute approximate surface area is 195 Å². The third-order valence-corrected chi connectivity index (χ3v) is 8.05. The van der Waals surface area contributed by atoms with E-state index in [4.69, 9.17) is 21.9 Å². The summed E-state index contributed by atoms with van der Waals surface area (Å²) in [5.41, 5.74) is 5.43. The summed E-state index contributed by atoms with van der Waals surface area (Å²) in [5, 5.41) is 11.4. The van der Waals surface area contributed by atoms with Crippen LogP contribution in [0, 0.1) is 16.7 Å². The second-order valence-corrected chi connectivity index (χ2v) is 11.6. The van der Waals surface area contributed by atoms with Crippen LogP contribution in [0.4, 0.5) is 5.69 Å². The molecule has 2 atom stereocenters. The number of rotatable bonds is 3. The van der Waals surface area contributed by atoms with E-state index in [1.807, 2.05) is 19.9 Å². The molecule has 32 heavy (non-hydrogen) atoms. The summed E-state index contributed by atoms with van der Waals surface area (Å²) < 4.78 is 31.0. The molecule has 1 aromatic carbocycles. The van der Waals surface area contributed by atoms with Crippen molar-refractivity contribution in [2.24, 2.45) is 16.7 Å². The first-order chi connectivity index (χ1) is 14.1. The Hall–Kier alpha value is -1.74. The summed E-state index contributed by atoms with van der Waals surface area (Å²) in [6, 6.07) is 7.16. The number of hydrogen-bond acceptors (Lipinski definition) is 6. The van der Waals surface area contributed by atoms with E-state index in [2.05, 4.69) is 4.98 Å². The highest BCUT2D eigenvalue weighted by molar-refractivity contribution is 7.85.